The molecular formula is C11H23NO5. The molecule has 0 aliphatic carbocycles. The first-order valence-electron chi connectivity index (χ1n) is 5.50. The molecule has 0 amide bonds. The van der Waals surface area contributed by atoms with Crippen LogP contribution in [0.2, 0.25) is 0 Å². The van der Waals surface area contributed by atoms with Crippen molar-refractivity contribution in [3.63, 3.8) is 0 Å². The average molecular weight is 249 g/mol. The Hall–Kier alpha value is -0.690. The maximum absolute atomic E-state index is 10.6. The van der Waals surface area contributed by atoms with Crippen LogP contribution < -0.4 is 5.11 Å². The van der Waals surface area contributed by atoms with Gasteiger partial charge in [0.05, 0.1) is 21.1 Å². The van der Waals surface area contributed by atoms with Crippen LogP contribution in [0.4, 0.5) is 0 Å². The molecule has 0 heterocycles. The van der Waals surface area contributed by atoms with Gasteiger partial charge in [0.25, 0.3) is 0 Å². The highest BCUT2D eigenvalue weighted by Gasteiger charge is 2.35. The van der Waals surface area contributed by atoms with E-state index in [4.69, 9.17) is 0 Å². The second-order valence-corrected chi connectivity index (χ2v) is 5.94. The van der Waals surface area contributed by atoms with Crippen LogP contribution in [0.1, 0.15) is 26.2 Å². The molecule has 0 saturated heterocycles. The summed E-state index contributed by atoms with van der Waals surface area (Å²) in [4.78, 5) is 10.6. The molecule has 1 atom stereocenters. The minimum Gasteiger partial charge on any atom is -0.550 e. The predicted molar refractivity (Wildman–Crippen MR) is 59.5 cm³/mol. The second kappa shape index (κ2) is 5.30. The molecular weight excluding hydrogens is 226 g/mol. The lowest BCUT2D eigenvalue weighted by Crippen LogP contribution is -2.52. The first kappa shape index (κ1) is 16.3. The average Bonchev–Trinajstić information content (AvgIpc) is 1.94. The summed E-state index contributed by atoms with van der Waals surface area (Å²) in [6, 6.07) is 0. The summed E-state index contributed by atoms with van der Waals surface area (Å²) >= 11 is 0. The summed E-state index contributed by atoms with van der Waals surface area (Å²) in [6.07, 6.45) is -0.630. The minimum absolute atomic E-state index is 0.0139. The number of carbonyl (C=O) groups is 1. The van der Waals surface area contributed by atoms with Gasteiger partial charge in [0, 0.05) is 18.8 Å². The molecule has 0 aromatic rings. The van der Waals surface area contributed by atoms with Crippen molar-refractivity contribution in [2.75, 3.05) is 27.7 Å². The lowest BCUT2D eigenvalue weighted by atomic mass is 9.90. The second-order valence-electron chi connectivity index (χ2n) is 5.94. The zero-order valence-electron chi connectivity index (χ0n) is 10.9. The van der Waals surface area contributed by atoms with E-state index in [0.717, 1.165) is 0 Å². The molecule has 0 aromatic heterocycles. The maximum Gasteiger partial charge on any atom is 0.159 e. The highest BCUT2D eigenvalue weighted by Crippen LogP contribution is 2.23. The van der Waals surface area contributed by atoms with Crippen LogP contribution in [0.15, 0.2) is 0 Å². The molecule has 6 heteroatoms. The van der Waals surface area contributed by atoms with E-state index in [9.17, 15) is 25.2 Å². The Labute approximate surface area is 102 Å². The summed E-state index contributed by atoms with van der Waals surface area (Å²) in [5.41, 5.74) is -1.50. The first-order chi connectivity index (χ1) is 7.33. The maximum atomic E-state index is 10.6. The van der Waals surface area contributed by atoms with Gasteiger partial charge in [0.15, 0.2) is 5.79 Å². The van der Waals surface area contributed by atoms with Crippen molar-refractivity contribution in [1.82, 2.24) is 0 Å². The number of aliphatic hydroxyl groups is 3. The molecule has 0 radical (unpaired) electrons. The van der Waals surface area contributed by atoms with Crippen LogP contribution in [0.5, 0.6) is 0 Å². The molecule has 0 bridgehead atoms. The molecule has 0 saturated carbocycles. The topological polar surface area (TPSA) is 101 Å². The normalized spacial score (nSPS) is 16.6. The number of rotatable bonds is 7. The van der Waals surface area contributed by atoms with Crippen molar-refractivity contribution in [2.24, 2.45) is 0 Å². The Kier molecular flexibility index (Phi) is 5.09. The molecule has 0 fully saturated rings. The number of likely N-dealkylation sites (N-methyl/N-ethyl adjacent to an activating group) is 1. The van der Waals surface area contributed by atoms with Crippen LogP contribution >= 0.6 is 0 Å². The number of nitrogens with zero attached hydrogens (tertiary/aromatic N) is 1. The Morgan fingerprint density at radius 2 is 1.65 bits per heavy atom. The summed E-state index contributed by atoms with van der Waals surface area (Å²) in [5, 5.41) is 39.2. The van der Waals surface area contributed by atoms with Gasteiger partial charge >= 0.3 is 0 Å². The molecule has 1 unspecified atom stereocenters. The zero-order valence-corrected chi connectivity index (χ0v) is 10.9. The summed E-state index contributed by atoms with van der Waals surface area (Å²) in [7, 11) is 5.45. The summed E-state index contributed by atoms with van der Waals surface area (Å²) in [6.45, 7) is 1.38. The van der Waals surface area contributed by atoms with E-state index >= 15 is 0 Å². The van der Waals surface area contributed by atoms with E-state index in [0.29, 0.717) is 4.48 Å². The van der Waals surface area contributed by atoms with Crippen molar-refractivity contribution >= 4 is 5.97 Å². The van der Waals surface area contributed by atoms with E-state index in [1.54, 1.807) is 0 Å². The summed E-state index contributed by atoms with van der Waals surface area (Å²) < 4.78 is 0.372. The third-order valence-corrected chi connectivity index (χ3v) is 2.31. The van der Waals surface area contributed by atoms with E-state index in [1.165, 1.54) is 6.92 Å². The third kappa shape index (κ3) is 9.05. The van der Waals surface area contributed by atoms with E-state index in [1.807, 2.05) is 21.1 Å². The van der Waals surface area contributed by atoms with Crippen molar-refractivity contribution < 1.29 is 29.7 Å². The zero-order chi connectivity index (χ0) is 13.9. The Morgan fingerprint density at radius 3 is 1.94 bits per heavy atom. The first-order valence-corrected chi connectivity index (χ1v) is 5.50. The molecule has 0 aromatic carbocycles. The van der Waals surface area contributed by atoms with E-state index < -0.39 is 23.8 Å². The van der Waals surface area contributed by atoms with Gasteiger partial charge in [0.1, 0.15) is 12.1 Å². The van der Waals surface area contributed by atoms with Gasteiger partial charge in [-0.3, -0.25) is 0 Å². The van der Waals surface area contributed by atoms with Gasteiger partial charge in [-0.1, -0.05) is 0 Å². The molecule has 0 rings (SSSR count). The summed E-state index contributed by atoms with van der Waals surface area (Å²) in [5.74, 6) is -3.26. The number of carbonyl (C=O) groups excluding carboxylic acids is 1. The minimum atomic E-state index is -1.91. The van der Waals surface area contributed by atoms with Gasteiger partial charge in [-0.05, 0) is 13.3 Å². The van der Waals surface area contributed by atoms with Gasteiger partial charge in [-0.25, -0.2) is 0 Å². The lowest BCUT2D eigenvalue weighted by Gasteiger charge is -2.36. The van der Waals surface area contributed by atoms with Gasteiger partial charge in [0.2, 0.25) is 0 Å². The van der Waals surface area contributed by atoms with E-state index in [2.05, 4.69) is 0 Å². The van der Waals surface area contributed by atoms with Gasteiger partial charge in [-0.15, -0.1) is 0 Å². The van der Waals surface area contributed by atoms with Crippen molar-refractivity contribution in [3.8, 4) is 0 Å². The quantitative estimate of drug-likeness (QED) is 0.359. The molecule has 102 valence electrons. The van der Waals surface area contributed by atoms with Crippen molar-refractivity contribution in [1.29, 1.82) is 0 Å². The van der Waals surface area contributed by atoms with Gasteiger partial charge in [-0.2, -0.15) is 0 Å². The van der Waals surface area contributed by atoms with Crippen LogP contribution in [0.25, 0.3) is 0 Å². The van der Waals surface area contributed by atoms with Crippen LogP contribution in [-0.2, 0) is 4.79 Å². The van der Waals surface area contributed by atoms with Crippen molar-refractivity contribution in [2.45, 2.75) is 37.6 Å². The third-order valence-electron chi connectivity index (χ3n) is 2.31. The molecule has 3 N–H and O–H groups in total. The molecule has 6 nitrogen and oxygen atoms in total. The Balaban J connectivity index is 4.67. The highest BCUT2D eigenvalue weighted by atomic mass is 16.5. The van der Waals surface area contributed by atoms with E-state index in [-0.39, 0.29) is 19.4 Å². The number of carboxylic acid groups (broad SMARTS) is 1. The fraction of sp³-hybridized carbons (Fsp3) is 0.909. The van der Waals surface area contributed by atoms with Crippen LogP contribution in [-0.4, -0.2) is 64.8 Å². The molecule has 0 aliphatic heterocycles. The number of carboxylic acids is 1. The Morgan fingerprint density at radius 1 is 1.18 bits per heavy atom. The Bertz CT molecular complexity index is 266. The highest BCUT2D eigenvalue weighted by molar-refractivity contribution is 5.65. The molecule has 0 spiro atoms. The number of hydrogen-bond donors (Lipinski definition) is 3. The van der Waals surface area contributed by atoms with Crippen LogP contribution in [0, 0.1) is 0 Å². The molecule has 17 heavy (non-hydrogen) atoms. The molecule has 0 aliphatic rings. The monoisotopic (exact) mass is 249 g/mol. The van der Waals surface area contributed by atoms with Crippen LogP contribution in [0.3, 0.4) is 0 Å². The smallest absolute Gasteiger partial charge is 0.159 e. The fourth-order valence-electron chi connectivity index (χ4n) is 1.84. The largest absolute Gasteiger partial charge is 0.550 e. The number of aliphatic carboxylic acids is 1. The predicted octanol–water partition coefficient (Wildman–Crippen LogP) is -1.96. The van der Waals surface area contributed by atoms with Gasteiger partial charge < -0.3 is 29.7 Å². The fourth-order valence-corrected chi connectivity index (χ4v) is 1.84. The standard InChI is InChI=1S/C11H23NO5/c1-10(15,16)5-6-11(17,7-9(13)14)8-12(2,3)4/h15-17H,5-8H2,1-4H3. The SMILES string of the molecule is CC(O)(O)CCC(O)(CC(=O)[O-])C[N+](C)(C)C. The van der Waals surface area contributed by atoms with Crippen molar-refractivity contribution in [3.05, 3.63) is 0 Å². The lowest BCUT2D eigenvalue weighted by molar-refractivity contribution is -0.877. The number of quaternary nitrogens is 1. The number of hydrogen-bond acceptors (Lipinski definition) is 5.